The molecule has 1 N–H and O–H groups in total. The molecule has 0 atom stereocenters. The number of aryl methyl sites for hydroxylation is 1. The normalized spacial score (nSPS) is 10.6. The van der Waals surface area contributed by atoms with E-state index >= 15 is 0 Å². The van der Waals surface area contributed by atoms with Crippen molar-refractivity contribution in [1.29, 1.82) is 0 Å². The molecule has 0 fully saturated rings. The Hall–Kier alpha value is -3.23. The van der Waals surface area contributed by atoms with Crippen LogP contribution in [0.3, 0.4) is 0 Å². The lowest BCUT2D eigenvalue weighted by atomic mass is 10.2. The number of methoxy groups -OCH3 is 2. The second-order valence-electron chi connectivity index (χ2n) is 6.37. The van der Waals surface area contributed by atoms with E-state index in [1.165, 1.54) is 11.3 Å². The molecule has 0 bridgehead atoms. The van der Waals surface area contributed by atoms with E-state index < -0.39 is 0 Å². The fourth-order valence-corrected chi connectivity index (χ4v) is 4.55. The number of hydrogen-bond donors (Lipinski definition) is 1. The number of nitrogens with one attached hydrogen (secondary N) is 1. The van der Waals surface area contributed by atoms with Crippen molar-refractivity contribution in [3.63, 3.8) is 0 Å². The Balaban J connectivity index is 1.53. The molecule has 0 unspecified atom stereocenters. The van der Waals surface area contributed by atoms with Crippen LogP contribution in [-0.2, 0) is 0 Å². The van der Waals surface area contributed by atoms with Gasteiger partial charge in [-0.3, -0.25) is 4.79 Å². The first-order valence-electron chi connectivity index (χ1n) is 9.10. The maximum atomic E-state index is 12.8. The third-order valence-corrected chi connectivity index (χ3v) is 6.48. The standard InChI is InChI=1S/C22H19N3O3S2/c1-13-19(30-22(24-13)15-6-9-17(27-2)18(12-15)28-3)20(26)25-16-7-4-14(5-8-16)21-23-10-11-29-21/h4-12H,1-3H3,(H,25,26). The summed E-state index contributed by atoms with van der Waals surface area (Å²) in [5.74, 6) is 1.08. The minimum Gasteiger partial charge on any atom is -0.493 e. The van der Waals surface area contributed by atoms with Crippen LogP contribution in [0, 0.1) is 6.92 Å². The highest BCUT2D eigenvalue weighted by Gasteiger charge is 2.18. The van der Waals surface area contributed by atoms with Crippen LogP contribution >= 0.6 is 22.7 Å². The zero-order valence-electron chi connectivity index (χ0n) is 16.6. The SMILES string of the molecule is COc1ccc(-c2nc(C)c(C(=O)Nc3ccc(-c4nccs4)cc3)s2)cc1OC. The lowest BCUT2D eigenvalue weighted by Gasteiger charge is -2.08. The van der Waals surface area contributed by atoms with E-state index in [0.29, 0.717) is 22.1 Å². The molecule has 0 radical (unpaired) electrons. The molecule has 4 rings (SSSR count). The van der Waals surface area contributed by atoms with E-state index in [-0.39, 0.29) is 5.91 Å². The number of aromatic nitrogens is 2. The van der Waals surface area contributed by atoms with Crippen molar-refractivity contribution in [2.75, 3.05) is 19.5 Å². The van der Waals surface area contributed by atoms with Crippen molar-refractivity contribution in [3.8, 4) is 32.6 Å². The van der Waals surface area contributed by atoms with Gasteiger partial charge < -0.3 is 14.8 Å². The summed E-state index contributed by atoms with van der Waals surface area (Å²) in [5.41, 5.74) is 3.29. The zero-order valence-corrected chi connectivity index (χ0v) is 18.3. The number of hydrogen-bond acceptors (Lipinski definition) is 7. The van der Waals surface area contributed by atoms with Gasteiger partial charge in [-0.2, -0.15) is 0 Å². The number of rotatable bonds is 6. The highest BCUT2D eigenvalue weighted by Crippen LogP contribution is 2.35. The van der Waals surface area contributed by atoms with E-state index in [1.807, 2.05) is 54.8 Å². The summed E-state index contributed by atoms with van der Waals surface area (Å²) in [5, 5.41) is 6.58. The van der Waals surface area contributed by atoms with Gasteiger partial charge in [-0.05, 0) is 49.4 Å². The second kappa shape index (κ2) is 8.64. The predicted molar refractivity (Wildman–Crippen MR) is 121 cm³/mol. The molecule has 0 saturated carbocycles. The minimum atomic E-state index is -0.182. The number of nitrogens with zero attached hydrogens (tertiary/aromatic N) is 2. The van der Waals surface area contributed by atoms with Crippen LogP contribution in [0.25, 0.3) is 21.1 Å². The molecule has 6 nitrogen and oxygen atoms in total. The molecule has 0 aliphatic heterocycles. The molecule has 0 spiro atoms. The van der Waals surface area contributed by atoms with Crippen molar-refractivity contribution >= 4 is 34.3 Å². The first-order valence-corrected chi connectivity index (χ1v) is 10.8. The van der Waals surface area contributed by atoms with Gasteiger partial charge >= 0.3 is 0 Å². The molecule has 152 valence electrons. The smallest absolute Gasteiger partial charge is 0.267 e. The molecule has 4 aromatic rings. The molecule has 2 heterocycles. The van der Waals surface area contributed by atoms with E-state index in [1.54, 1.807) is 31.8 Å². The fraction of sp³-hybridized carbons (Fsp3) is 0.136. The molecule has 2 aromatic carbocycles. The highest BCUT2D eigenvalue weighted by atomic mass is 32.1. The first kappa shape index (κ1) is 20.1. The largest absolute Gasteiger partial charge is 0.493 e. The van der Waals surface area contributed by atoms with E-state index in [0.717, 1.165) is 26.8 Å². The van der Waals surface area contributed by atoms with Gasteiger partial charge in [-0.15, -0.1) is 22.7 Å². The monoisotopic (exact) mass is 437 g/mol. The lowest BCUT2D eigenvalue weighted by Crippen LogP contribution is -2.11. The number of thiazole rings is 2. The van der Waals surface area contributed by atoms with Crippen LogP contribution in [0.5, 0.6) is 11.5 Å². The van der Waals surface area contributed by atoms with Gasteiger partial charge in [0.05, 0.1) is 19.9 Å². The quantitative estimate of drug-likeness (QED) is 0.430. The van der Waals surface area contributed by atoms with Crippen LogP contribution in [0.2, 0.25) is 0 Å². The molecule has 1 amide bonds. The number of amides is 1. The summed E-state index contributed by atoms with van der Waals surface area (Å²) in [7, 11) is 3.18. The molecule has 0 aliphatic rings. The van der Waals surface area contributed by atoms with Crippen molar-refractivity contribution in [2.24, 2.45) is 0 Å². The van der Waals surface area contributed by atoms with Gasteiger partial charge in [0.15, 0.2) is 11.5 Å². The average molecular weight is 438 g/mol. The van der Waals surface area contributed by atoms with Crippen molar-refractivity contribution in [1.82, 2.24) is 9.97 Å². The highest BCUT2D eigenvalue weighted by molar-refractivity contribution is 7.17. The molecule has 0 saturated heterocycles. The molecular weight excluding hydrogens is 418 g/mol. The molecule has 30 heavy (non-hydrogen) atoms. The molecule has 0 aliphatic carbocycles. The minimum absolute atomic E-state index is 0.182. The van der Waals surface area contributed by atoms with Crippen LogP contribution in [0.1, 0.15) is 15.4 Å². The topological polar surface area (TPSA) is 73.3 Å². The second-order valence-corrected chi connectivity index (χ2v) is 8.27. The molecular formula is C22H19N3O3S2. The molecule has 2 aromatic heterocycles. The molecule has 8 heteroatoms. The number of benzene rings is 2. The van der Waals surface area contributed by atoms with Crippen LogP contribution in [-0.4, -0.2) is 30.1 Å². The van der Waals surface area contributed by atoms with E-state index in [9.17, 15) is 4.79 Å². The Morgan fingerprint density at radius 1 is 0.967 bits per heavy atom. The third-order valence-electron chi connectivity index (χ3n) is 4.46. The van der Waals surface area contributed by atoms with E-state index in [4.69, 9.17) is 9.47 Å². The Kier molecular flexibility index (Phi) is 5.78. The summed E-state index contributed by atoms with van der Waals surface area (Å²) >= 11 is 2.92. The summed E-state index contributed by atoms with van der Waals surface area (Å²) in [6.45, 7) is 1.83. The van der Waals surface area contributed by atoms with Gasteiger partial charge in [-0.1, -0.05) is 0 Å². The third kappa shape index (κ3) is 4.05. The van der Waals surface area contributed by atoms with Gasteiger partial charge in [-0.25, -0.2) is 9.97 Å². The maximum Gasteiger partial charge on any atom is 0.267 e. The Morgan fingerprint density at radius 2 is 1.70 bits per heavy atom. The average Bonchev–Trinajstić information content (AvgIpc) is 3.44. The number of carbonyl (C=O) groups excluding carboxylic acids is 1. The summed E-state index contributed by atoms with van der Waals surface area (Å²) < 4.78 is 10.7. The van der Waals surface area contributed by atoms with Crippen LogP contribution in [0.4, 0.5) is 5.69 Å². The summed E-state index contributed by atoms with van der Waals surface area (Å²) in [6, 6.07) is 13.2. The fourth-order valence-electron chi connectivity index (χ4n) is 2.95. The van der Waals surface area contributed by atoms with Crippen LogP contribution in [0.15, 0.2) is 54.0 Å². The maximum absolute atomic E-state index is 12.8. The van der Waals surface area contributed by atoms with Gasteiger partial charge in [0.1, 0.15) is 14.9 Å². The Labute approximate surface area is 182 Å². The Morgan fingerprint density at radius 3 is 2.37 bits per heavy atom. The van der Waals surface area contributed by atoms with Crippen molar-refractivity contribution in [2.45, 2.75) is 6.92 Å². The van der Waals surface area contributed by atoms with Gasteiger partial charge in [0, 0.05) is 28.4 Å². The first-order chi connectivity index (χ1) is 14.6. The number of anilines is 1. The zero-order chi connectivity index (χ0) is 21.1. The summed E-state index contributed by atoms with van der Waals surface area (Å²) in [6.07, 6.45) is 1.78. The van der Waals surface area contributed by atoms with Crippen molar-refractivity contribution < 1.29 is 14.3 Å². The summed E-state index contributed by atoms with van der Waals surface area (Å²) in [4.78, 5) is 22.3. The van der Waals surface area contributed by atoms with E-state index in [2.05, 4.69) is 15.3 Å². The predicted octanol–water partition coefficient (Wildman–Crippen LogP) is 5.51. The Bertz CT molecular complexity index is 1170. The van der Waals surface area contributed by atoms with Gasteiger partial charge in [0.25, 0.3) is 5.91 Å². The number of carbonyl (C=O) groups is 1. The van der Waals surface area contributed by atoms with Crippen LogP contribution < -0.4 is 14.8 Å². The lowest BCUT2D eigenvalue weighted by molar-refractivity contribution is 0.103. The van der Waals surface area contributed by atoms with Crippen molar-refractivity contribution in [3.05, 3.63) is 64.6 Å². The number of ether oxygens (including phenoxy) is 2. The van der Waals surface area contributed by atoms with Gasteiger partial charge in [0.2, 0.25) is 0 Å².